The maximum Gasteiger partial charge on any atom is 0.120 e. The van der Waals surface area contributed by atoms with Gasteiger partial charge in [0, 0.05) is 23.0 Å². The summed E-state index contributed by atoms with van der Waals surface area (Å²) in [6.45, 7) is 5.30. The van der Waals surface area contributed by atoms with Crippen LogP contribution in [0, 0.1) is 18.8 Å². The first-order valence-electron chi connectivity index (χ1n) is 7.23. The van der Waals surface area contributed by atoms with Crippen LogP contribution in [0.3, 0.4) is 0 Å². The van der Waals surface area contributed by atoms with Crippen LogP contribution in [0.1, 0.15) is 25.2 Å². The molecule has 0 amide bonds. The lowest BCUT2D eigenvalue weighted by Gasteiger charge is -2.08. The van der Waals surface area contributed by atoms with Crippen LogP contribution < -0.4 is 0 Å². The lowest BCUT2D eigenvalue weighted by atomic mass is 10.0. The van der Waals surface area contributed by atoms with E-state index in [0.717, 1.165) is 22.3 Å². The molecule has 0 aliphatic heterocycles. The molecule has 0 aliphatic carbocycles. The number of H-pyrrole nitrogens is 1. The number of rotatable bonds is 1. The van der Waals surface area contributed by atoms with Crippen LogP contribution in [0.2, 0.25) is 0 Å². The fourth-order valence-corrected chi connectivity index (χ4v) is 2.37. The van der Waals surface area contributed by atoms with Crippen molar-refractivity contribution in [2.45, 2.75) is 26.4 Å². The molecule has 3 nitrogen and oxygen atoms in total. The number of benzene rings is 1. The Morgan fingerprint density at radius 3 is 2.68 bits per heavy atom. The van der Waals surface area contributed by atoms with E-state index >= 15 is 0 Å². The van der Waals surface area contributed by atoms with Crippen LogP contribution in [0.4, 0.5) is 0 Å². The van der Waals surface area contributed by atoms with Gasteiger partial charge in [0.15, 0.2) is 0 Å². The number of fused-ring (bicyclic) bond motifs is 1. The van der Waals surface area contributed by atoms with Gasteiger partial charge in [0.25, 0.3) is 0 Å². The van der Waals surface area contributed by atoms with Gasteiger partial charge in [-0.15, -0.1) is 0 Å². The summed E-state index contributed by atoms with van der Waals surface area (Å²) in [5, 5.41) is 10.8. The molecule has 0 radical (unpaired) electrons. The lowest BCUT2D eigenvalue weighted by Crippen LogP contribution is -2.14. The number of hydrogen-bond donors (Lipinski definition) is 2. The first kappa shape index (κ1) is 14.4. The Balaban J connectivity index is 1.99. The summed E-state index contributed by atoms with van der Waals surface area (Å²) in [7, 11) is 0. The third-order valence-electron chi connectivity index (χ3n) is 3.45. The zero-order valence-electron chi connectivity index (χ0n) is 12.9. The standard InChI is InChI=1S/C19H18N2O/c1-13-17(6-5-16(21-13)8-10-19(2,3)22)14-4-7-18-15(12-14)9-11-20-18/h4-7,9,11-12,20,22H,1-3H3. The van der Waals surface area contributed by atoms with Gasteiger partial charge >= 0.3 is 0 Å². The van der Waals surface area contributed by atoms with Gasteiger partial charge in [-0.2, -0.15) is 0 Å². The van der Waals surface area contributed by atoms with E-state index in [2.05, 4.69) is 46.1 Å². The molecule has 0 bridgehead atoms. The molecule has 0 spiro atoms. The van der Waals surface area contributed by atoms with Crippen LogP contribution in [-0.4, -0.2) is 20.7 Å². The molecule has 0 unspecified atom stereocenters. The Morgan fingerprint density at radius 1 is 1.14 bits per heavy atom. The molecule has 2 heterocycles. The second-order valence-corrected chi connectivity index (χ2v) is 5.92. The smallest absolute Gasteiger partial charge is 0.120 e. The van der Waals surface area contributed by atoms with E-state index < -0.39 is 5.60 Å². The van der Waals surface area contributed by atoms with E-state index in [-0.39, 0.29) is 0 Å². The van der Waals surface area contributed by atoms with E-state index in [4.69, 9.17) is 0 Å². The van der Waals surface area contributed by atoms with Gasteiger partial charge in [0.2, 0.25) is 0 Å². The Hall–Kier alpha value is -2.57. The van der Waals surface area contributed by atoms with Crippen LogP contribution in [0.5, 0.6) is 0 Å². The molecule has 2 aromatic heterocycles. The van der Waals surface area contributed by atoms with Crippen molar-refractivity contribution in [2.75, 3.05) is 0 Å². The molecule has 1 aromatic carbocycles. The van der Waals surface area contributed by atoms with Crippen molar-refractivity contribution in [2.24, 2.45) is 0 Å². The highest BCUT2D eigenvalue weighted by Crippen LogP contribution is 2.26. The molecule has 0 aliphatic rings. The van der Waals surface area contributed by atoms with Crippen molar-refractivity contribution >= 4 is 10.9 Å². The largest absolute Gasteiger partial charge is 0.378 e. The number of nitrogens with zero attached hydrogens (tertiary/aromatic N) is 1. The van der Waals surface area contributed by atoms with E-state index in [0.29, 0.717) is 5.69 Å². The van der Waals surface area contributed by atoms with Crippen LogP contribution >= 0.6 is 0 Å². The molecule has 0 saturated carbocycles. The first-order valence-corrected chi connectivity index (χ1v) is 7.23. The normalized spacial score (nSPS) is 11.3. The van der Waals surface area contributed by atoms with Gasteiger partial charge in [-0.3, -0.25) is 0 Å². The minimum Gasteiger partial charge on any atom is -0.378 e. The number of pyridine rings is 1. The van der Waals surface area contributed by atoms with Gasteiger partial charge in [-0.25, -0.2) is 4.98 Å². The fourth-order valence-electron chi connectivity index (χ4n) is 2.37. The van der Waals surface area contributed by atoms with Crippen molar-refractivity contribution in [3.05, 3.63) is 54.0 Å². The Bertz CT molecular complexity index is 889. The topological polar surface area (TPSA) is 48.9 Å². The molecule has 3 aromatic rings. The molecule has 3 rings (SSSR count). The zero-order valence-corrected chi connectivity index (χ0v) is 12.9. The zero-order chi connectivity index (χ0) is 15.7. The Labute approximate surface area is 130 Å². The van der Waals surface area contributed by atoms with Crippen molar-refractivity contribution in [1.29, 1.82) is 0 Å². The predicted molar refractivity (Wildman–Crippen MR) is 89.4 cm³/mol. The highest BCUT2D eigenvalue weighted by molar-refractivity contribution is 5.85. The fraction of sp³-hybridized carbons (Fsp3) is 0.211. The minimum absolute atomic E-state index is 0.672. The maximum atomic E-state index is 9.66. The summed E-state index contributed by atoms with van der Waals surface area (Å²) in [5.41, 5.74) is 3.95. The monoisotopic (exact) mass is 290 g/mol. The number of aromatic amines is 1. The second kappa shape index (κ2) is 5.32. The Kier molecular flexibility index (Phi) is 3.48. The average molecular weight is 290 g/mol. The van der Waals surface area contributed by atoms with Crippen molar-refractivity contribution in [3.8, 4) is 23.0 Å². The summed E-state index contributed by atoms with van der Waals surface area (Å²) in [5.74, 6) is 5.70. The van der Waals surface area contributed by atoms with Crippen molar-refractivity contribution in [1.82, 2.24) is 9.97 Å². The van der Waals surface area contributed by atoms with Crippen molar-refractivity contribution < 1.29 is 5.11 Å². The SMILES string of the molecule is Cc1nc(C#CC(C)(C)O)ccc1-c1ccc2[nH]ccc2c1. The lowest BCUT2D eigenvalue weighted by molar-refractivity contribution is 0.143. The highest BCUT2D eigenvalue weighted by atomic mass is 16.3. The summed E-state index contributed by atoms with van der Waals surface area (Å²) in [6, 6.07) is 12.3. The van der Waals surface area contributed by atoms with Gasteiger partial charge in [-0.05, 0) is 68.0 Å². The quantitative estimate of drug-likeness (QED) is 0.672. The summed E-state index contributed by atoms with van der Waals surface area (Å²) < 4.78 is 0. The van der Waals surface area contributed by atoms with Crippen LogP contribution in [0.15, 0.2) is 42.6 Å². The van der Waals surface area contributed by atoms with Gasteiger partial charge < -0.3 is 10.1 Å². The summed E-state index contributed by atoms with van der Waals surface area (Å²) >= 11 is 0. The van der Waals surface area contributed by atoms with E-state index in [1.54, 1.807) is 13.8 Å². The summed E-state index contributed by atoms with van der Waals surface area (Å²) in [4.78, 5) is 7.72. The molecule has 22 heavy (non-hydrogen) atoms. The number of nitrogens with one attached hydrogen (secondary N) is 1. The molecular weight excluding hydrogens is 272 g/mol. The van der Waals surface area contributed by atoms with E-state index in [1.807, 2.05) is 25.3 Å². The van der Waals surface area contributed by atoms with Gasteiger partial charge in [-0.1, -0.05) is 12.0 Å². The highest BCUT2D eigenvalue weighted by Gasteiger charge is 2.08. The first-order chi connectivity index (χ1) is 10.4. The number of aliphatic hydroxyl groups is 1. The third-order valence-corrected chi connectivity index (χ3v) is 3.45. The molecule has 0 fully saturated rings. The molecule has 2 N–H and O–H groups in total. The van der Waals surface area contributed by atoms with E-state index in [1.165, 1.54) is 5.39 Å². The maximum absolute atomic E-state index is 9.66. The second-order valence-electron chi connectivity index (χ2n) is 5.92. The van der Waals surface area contributed by atoms with Crippen LogP contribution in [0.25, 0.3) is 22.0 Å². The number of aromatic nitrogens is 2. The number of hydrogen-bond acceptors (Lipinski definition) is 2. The summed E-state index contributed by atoms with van der Waals surface area (Å²) in [6.07, 6.45) is 1.94. The number of aryl methyl sites for hydroxylation is 1. The molecule has 0 saturated heterocycles. The Morgan fingerprint density at radius 2 is 1.95 bits per heavy atom. The van der Waals surface area contributed by atoms with Gasteiger partial charge in [0.1, 0.15) is 11.3 Å². The molecular formula is C19H18N2O. The molecule has 110 valence electrons. The molecule has 0 atom stereocenters. The van der Waals surface area contributed by atoms with Crippen molar-refractivity contribution in [3.63, 3.8) is 0 Å². The van der Waals surface area contributed by atoms with Crippen LogP contribution in [-0.2, 0) is 0 Å². The third kappa shape index (κ3) is 3.03. The average Bonchev–Trinajstić information content (AvgIpc) is 2.92. The molecule has 3 heteroatoms. The van der Waals surface area contributed by atoms with Gasteiger partial charge in [0.05, 0.1) is 0 Å². The van der Waals surface area contributed by atoms with E-state index in [9.17, 15) is 5.11 Å². The predicted octanol–water partition coefficient (Wildman–Crippen LogP) is 3.66. The minimum atomic E-state index is -1.01.